The molecule has 160 valence electrons. The molecule has 1 unspecified atom stereocenters. The number of anilines is 1. The van der Waals surface area contributed by atoms with Crippen LogP contribution in [0.1, 0.15) is 65.8 Å². The first kappa shape index (κ1) is 21.7. The van der Waals surface area contributed by atoms with Crippen LogP contribution in [0.4, 0.5) is 23.7 Å². The summed E-state index contributed by atoms with van der Waals surface area (Å²) in [6.45, 7) is 6.58. The Balaban J connectivity index is 0.000000177. The summed E-state index contributed by atoms with van der Waals surface area (Å²) in [4.78, 5) is 21.9. The lowest BCUT2D eigenvalue weighted by Gasteiger charge is -2.21. The highest BCUT2D eigenvalue weighted by atomic mass is 19.4. The first-order valence-electron chi connectivity index (χ1n) is 9.59. The monoisotopic (exact) mass is 419 g/mol. The van der Waals surface area contributed by atoms with Gasteiger partial charge in [-0.15, -0.1) is 0 Å². The molecule has 30 heavy (non-hydrogen) atoms. The van der Waals surface area contributed by atoms with Crippen LogP contribution >= 0.6 is 0 Å². The zero-order chi connectivity index (χ0) is 22.3. The number of aryl methyl sites for hydroxylation is 1. The summed E-state index contributed by atoms with van der Waals surface area (Å²) in [5.74, 6) is -0.688. The van der Waals surface area contributed by atoms with Gasteiger partial charge in [0.05, 0.1) is 22.9 Å². The van der Waals surface area contributed by atoms with Crippen molar-refractivity contribution < 1.29 is 22.8 Å². The van der Waals surface area contributed by atoms with Crippen molar-refractivity contribution in [3.8, 4) is 0 Å². The van der Waals surface area contributed by atoms with Gasteiger partial charge in [0.25, 0.3) is 5.91 Å². The molecule has 0 fully saturated rings. The van der Waals surface area contributed by atoms with Gasteiger partial charge in [0.15, 0.2) is 0 Å². The van der Waals surface area contributed by atoms with E-state index in [0.29, 0.717) is 0 Å². The van der Waals surface area contributed by atoms with Gasteiger partial charge in [0, 0.05) is 0 Å². The van der Waals surface area contributed by atoms with E-state index in [1.807, 2.05) is 0 Å². The summed E-state index contributed by atoms with van der Waals surface area (Å²) < 4.78 is 37.0. The molecule has 4 N–H and O–H groups in total. The molecule has 2 aromatic rings. The number of benzene rings is 2. The van der Waals surface area contributed by atoms with Crippen molar-refractivity contribution in [2.75, 3.05) is 5.32 Å². The summed E-state index contributed by atoms with van der Waals surface area (Å²) in [6, 6.07) is 10.0. The minimum absolute atomic E-state index is 0.0878. The summed E-state index contributed by atoms with van der Waals surface area (Å²) >= 11 is 0. The second-order valence-corrected chi connectivity index (χ2v) is 8.44. The van der Waals surface area contributed by atoms with Crippen LogP contribution in [-0.4, -0.2) is 11.9 Å². The van der Waals surface area contributed by atoms with Crippen LogP contribution in [0.25, 0.3) is 0 Å². The average molecular weight is 419 g/mol. The second-order valence-electron chi connectivity index (χ2n) is 8.44. The number of hydrogen-bond donors (Lipinski definition) is 3. The van der Waals surface area contributed by atoms with E-state index in [0.717, 1.165) is 18.9 Å². The van der Waals surface area contributed by atoms with E-state index in [4.69, 9.17) is 5.73 Å². The lowest BCUT2D eigenvalue weighted by atomic mass is 9.85. The molecule has 1 heterocycles. The molecule has 1 atom stereocenters. The maximum Gasteiger partial charge on any atom is 0.419 e. The molecule has 0 spiro atoms. The quantitative estimate of drug-likeness (QED) is 0.614. The topological polar surface area (TPSA) is 84.2 Å². The van der Waals surface area contributed by atoms with Crippen molar-refractivity contribution in [3.63, 3.8) is 0 Å². The fraction of sp³-hybridized carbons (Fsp3) is 0.364. The van der Waals surface area contributed by atoms with Gasteiger partial charge >= 0.3 is 12.2 Å². The van der Waals surface area contributed by atoms with E-state index in [1.54, 1.807) is 0 Å². The number of alkyl halides is 3. The summed E-state index contributed by atoms with van der Waals surface area (Å²) in [5, 5.41) is 4.95. The molecule has 0 saturated heterocycles. The molecule has 8 heteroatoms. The molecule has 2 aromatic carbocycles. The van der Waals surface area contributed by atoms with E-state index in [1.165, 1.54) is 28.8 Å². The zero-order valence-corrected chi connectivity index (χ0v) is 17.0. The second kappa shape index (κ2) is 7.66. The predicted molar refractivity (Wildman–Crippen MR) is 108 cm³/mol. The Hall–Kier alpha value is -3.03. The zero-order valence-electron chi connectivity index (χ0n) is 17.0. The highest BCUT2D eigenvalue weighted by Gasteiger charge is 2.41. The van der Waals surface area contributed by atoms with Crippen molar-refractivity contribution in [3.05, 3.63) is 64.2 Å². The lowest BCUT2D eigenvalue weighted by Crippen LogP contribution is -2.32. The fourth-order valence-electron chi connectivity index (χ4n) is 3.73. The smallest absolute Gasteiger partial charge is 0.352 e. The van der Waals surface area contributed by atoms with E-state index in [-0.39, 0.29) is 22.7 Å². The highest BCUT2D eigenvalue weighted by molar-refractivity contribution is 6.11. The molecular formula is C22H24F3N3O2. The van der Waals surface area contributed by atoms with Gasteiger partial charge in [-0.2, -0.15) is 13.2 Å². The number of hydrogen-bond acceptors (Lipinski definition) is 2. The van der Waals surface area contributed by atoms with E-state index in [2.05, 4.69) is 49.6 Å². The highest BCUT2D eigenvalue weighted by Crippen LogP contribution is 2.41. The van der Waals surface area contributed by atoms with Gasteiger partial charge in [-0.05, 0) is 47.1 Å². The van der Waals surface area contributed by atoms with Gasteiger partial charge in [0.1, 0.15) is 0 Å². The number of nitrogens with one attached hydrogen (secondary N) is 2. The molecule has 0 radical (unpaired) electrons. The third-order valence-electron chi connectivity index (χ3n) is 5.25. The van der Waals surface area contributed by atoms with Crippen LogP contribution in [0.3, 0.4) is 0 Å². The van der Waals surface area contributed by atoms with Gasteiger partial charge < -0.3 is 16.4 Å². The number of urea groups is 1. The number of nitrogens with two attached hydrogens (primary N) is 1. The number of rotatable bonds is 1. The van der Waals surface area contributed by atoms with E-state index < -0.39 is 23.7 Å². The SMILES string of the molecule is CC(C)(C)c1ccc2c(c1)C(NC(N)=O)CC2.O=C1Nc2cccc1c2C(F)(F)F. The molecule has 1 aliphatic heterocycles. The third-order valence-corrected chi connectivity index (χ3v) is 5.25. The van der Waals surface area contributed by atoms with E-state index in [9.17, 15) is 22.8 Å². The van der Waals surface area contributed by atoms with Crippen molar-refractivity contribution in [1.29, 1.82) is 0 Å². The number of amides is 3. The summed E-state index contributed by atoms with van der Waals surface area (Å²) in [6.07, 6.45) is -2.50. The Morgan fingerprint density at radius 1 is 1.17 bits per heavy atom. The number of carbonyl (C=O) groups excluding carboxylic acids is 2. The Bertz CT molecular complexity index is 994. The number of fused-ring (bicyclic) bond motifs is 3. The van der Waals surface area contributed by atoms with Gasteiger partial charge in [-0.1, -0.05) is 45.0 Å². The fourth-order valence-corrected chi connectivity index (χ4v) is 3.73. The van der Waals surface area contributed by atoms with Crippen molar-refractivity contribution in [1.82, 2.24) is 5.32 Å². The lowest BCUT2D eigenvalue weighted by molar-refractivity contribution is -0.136. The normalized spacial score (nSPS) is 17.0. The first-order chi connectivity index (χ1) is 13.9. The van der Waals surface area contributed by atoms with Crippen molar-refractivity contribution in [2.24, 2.45) is 5.73 Å². The maximum absolute atomic E-state index is 12.3. The molecule has 2 bridgehead atoms. The number of carbonyl (C=O) groups is 2. The average Bonchev–Trinajstić information content (AvgIpc) is 3.10. The predicted octanol–water partition coefficient (Wildman–Crippen LogP) is 4.91. The summed E-state index contributed by atoms with van der Waals surface area (Å²) in [5.41, 5.74) is 7.88. The Kier molecular flexibility index (Phi) is 5.54. The van der Waals surface area contributed by atoms with Gasteiger partial charge in [-0.3, -0.25) is 4.79 Å². The van der Waals surface area contributed by atoms with Crippen LogP contribution in [0.2, 0.25) is 0 Å². The summed E-state index contributed by atoms with van der Waals surface area (Å²) in [7, 11) is 0. The Labute approximate surface area is 172 Å². The van der Waals surface area contributed by atoms with E-state index >= 15 is 0 Å². The third kappa shape index (κ3) is 4.42. The van der Waals surface area contributed by atoms with Crippen LogP contribution < -0.4 is 16.4 Å². The molecule has 0 saturated carbocycles. The van der Waals surface area contributed by atoms with Gasteiger partial charge in [-0.25, -0.2) is 4.79 Å². The van der Waals surface area contributed by atoms with Crippen LogP contribution in [0.5, 0.6) is 0 Å². The Morgan fingerprint density at radius 2 is 1.87 bits per heavy atom. The number of primary amides is 1. The van der Waals surface area contributed by atoms with Gasteiger partial charge in [0.2, 0.25) is 0 Å². The van der Waals surface area contributed by atoms with Crippen LogP contribution in [-0.2, 0) is 18.0 Å². The minimum atomic E-state index is -4.47. The molecule has 3 amide bonds. The molecule has 5 nitrogen and oxygen atoms in total. The molecule has 1 aliphatic carbocycles. The Morgan fingerprint density at radius 3 is 2.40 bits per heavy atom. The van der Waals surface area contributed by atoms with Crippen LogP contribution in [0.15, 0.2) is 36.4 Å². The molecular weight excluding hydrogens is 395 g/mol. The number of halogens is 3. The maximum atomic E-state index is 12.3. The standard InChI is InChI=1S/C14H20N2O.C8H4F3NO/c1-14(2,3)10-6-4-9-5-7-12(11(9)8-10)16-13(15)17;9-8(10,11)6-4-2-1-3-5(6)12-7(4)13/h4,6,8,12H,5,7H2,1-3H3,(H3,15,16,17);1-3H,(H,12,13). The molecule has 2 aliphatic rings. The molecule has 0 aromatic heterocycles. The van der Waals surface area contributed by atoms with Crippen molar-refractivity contribution in [2.45, 2.75) is 51.2 Å². The van der Waals surface area contributed by atoms with Crippen molar-refractivity contribution >= 4 is 17.6 Å². The minimum Gasteiger partial charge on any atom is -0.352 e. The van der Waals surface area contributed by atoms with Crippen LogP contribution in [0, 0.1) is 0 Å². The largest absolute Gasteiger partial charge is 0.419 e. The first-order valence-corrected chi connectivity index (χ1v) is 9.59. The molecule has 4 rings (SSSR count).